The van der Waals surface area contributed by atoms with Gasteiger partial charge in [-0.25, -0.2) is 4.98 Å². The van der Waals surface area contributed by atoms with E-state index in [4.69, 9.17) is 9.47 Å². The number of nitrogens with one attached hydrogen (secondary N) is 1. The average Bonchev–Trinajstić information content (AvgIpc) is 3.10. The number of methoxy groups -OCH3 is 2. The van der Waals surface area contributed by atoms with E-state index in [1.54, 1.807) is 19.2 Å². The van der Waals surface area contributed by atoms with Gasteiger partial charge >= 0.3 is 0 Å². The van der Waals surface area contributed by atoms with Gasteiger partial charge in [-0.2, -0.15) is 0 Å². The fourth-order valence-electron chi connectivity index (χ4n) is 2.30. The molecule has 1 aromatic heterocycles. The Morgan fingerprint density at radius 1 is 1.16 bits per heavy atom. The Morgan fingerprint density at radius 2 is 1.92 bits per heavy atom. The molecule has 3 rings (SSSR count). The Bertz CT molecular complexity index is 897. The Kier molecular flexibility index (Phi) is 5.35. The third-order valence-electron chi connectivity index (χ3n) is 3.50. The summed E-state index contributed by atoms with van der Waals surface area (Å²) in [6.45, 7) is 0. The highest BCUT2D eigenvalue weighted by atomic mass is 79.9. The second kappa shape index (κ2) is 7.67. The average molecular weight is 419 g/mol. The zero-order valence-corrected chi connectivity index (χ0v) is 16.0. The Labute approximate surface area is 157 Å². The first-order chi connectivity index (χ1) is 12.1. The molecule has 128 valence electrons. The van der Waals surface area contributed by atoms with Crippen LogP contribution in [0.3, 0.4) is 0 Å². The number of carbonyl (C=O) groups excluding carboxylic acids is 1. The molecule has 25 heavy (non-hydrogen) atoms. The highest BCUT2D eigenvalue weighted by Crippen LogP contribution is 2.34. The van der Waals surface area contributed by atoms with Gasteiger partial charge in [-0.3, -0.25) is 10.1 Å². The summed E-state index contributed by atoms with van der Waals surface area (Å²) in [4.78, 5) is 17.1. The second-order valence-corrected chi connectivity index (χ2v) is 6.76. The van der Waals surface area contributed by atoms with Crippen LogP contribution >= 0.6 is 27.3 Å². The SMILES string of the molecule is COc1cc(Br)c(OC)c(C(=O)Nc2nc(-c3ccccc3)cs2)c1. The predicted molar refractivity (Wildman–Crippen MR) is 103 cm³/mol. The van der Waals surface area contributed by atoms with Crippen LogP contribution in [0.5, 0.6) is 11.5 Å². The lowest BCUT2D eigenvalue weighted by molar-refractivity contribution is 0.102. The summed E-state index contributed by atoms with van der Waals surface area (Å²) in [6.07, 6.45) is 0. The van der Waals surface area contributed by atoms with E-state index >= 15 is 0 Å². The van der Waals surface area contributed by atoms with Gasteiger partial charge in [0.15, 0.2) is 5.13 Å². The normalized spacial score (nSPS) is 10.4. The molecular formula is C18H15BrN2O3S. The Hall–Kier alpha value is -2.38. The molecule has 0 fully saturated rings. The number of thiazole rings is 1. The van der Waals surface area contributed by atoms with Crippen molar-refractivity contribution in [3.8, 4) is 22.8 Å². The molecule has 7 heteroatoms. The monoisotopic (exact) mass is 418 g/mol. The van der Waals surface area contributed by atoms with Gasteiger partial charge < -0.3 is 9.47 Å². The largest absolute Gasteiger partial charge is 0.497 e. The van der Waals surface area contributed by atoms with Crippen LogP contribution in [0.25, 0.3) is 11.3 Å². The number of ether oxygens (including phenoxy) is 2. The number of aromatic nitrogens is 1. The van der Waals surface area contributed by atoms with Gasteiger partial charge in [0.25, 0.3) is 5.91 Å². The van der Waals surface area contributed by atoms with E-state index < -0.39 is 0 Å². The minimum atomic E-state index is -0.314. The minimum Gasteiger partial charge on any atom is -0.497 e. The van der Waals surface area contributed by atoms with Crippen molar-refractivity contribution in [3.63, 3.8) is 0 Å². The number of hydrogen-bond acceptors (Lipinski definition) is 5. The number of carbonyl (C=O) groups is 1. The van der Waals surface area contributed by atoms with Gasteiger partial charge in [-0.15, -0.1) is 11.3 Å². The van der Waals surface area contributed by atoms with E-state index in [9.17, 15) is 4.79 Å². The highest BCUT2D eigenvalue weighted by Gasteiger charge is 2.18. The summed E-state index contributed by atoms with van der Waals surface area (Å²) < 4.78 is 11.2. The molecule has 0 saturated heterocycles. The molecule has 0 saturated carbocycles. The molecule has 0 atom stereocenters. The zero-order chi connectivity index (χ0) is 17.8. The van der Waals surface area contributed by atoms with Crippen molar-refractivity contribution in [3.05, 3.63) is 57.9 Å². The Balaban J connectivity index is 1.86. The summed E-state index contributed by atoms with van der Waals surface area (Å²) in [5.74, 6) is 0.686. The van der Waals surface area contributed by atoms with Crippen LogP contribution in [0, 0.1) is 0 Å². The van der Waals surface area contributed by atoms with Gasteiger partial charge in [-0.1, -0.05) is 30.3 Å². The number of halogens is 1. The molecule has 1 amide bonds. The van der Waals surface area contributed by atoms with Crippen molar-refractivity contribution in [2.45, 2.75) is 0 Å². The second-order valence-electron chi connectivity index (χ2n) is 5.05. The standard InChI is InChI=1S/C18H15BrN2O3S/c1-23-12-8-13(16(24-2)14(19)9-12)17(22)21-18-20-15(10-25-18)11-6-4-3-5-7-11/h3-10H,1-2H3,(H,20,21,22). The van der Waals surface area contributed by atoms with Crippen LogP contribution in [0.1, 0.15) is 10.4 Å². The molecule has 0 spiro atoms. The molecular weight excluding hydrogens is 404 g/mol. The quantitative estimate of drug-likeness (QED) is 0.643. The molecule has 0 bridgehead atoms. The summed E-state index contributed by atoms with van der Waals surface area (Å²) in [5.41, 5.74) is 2.19. The zero-order valence-electron chi connectivity index (χ0n) is 13.6. The van der Waals surface area contributed by atoms with Crippen molar-refractivity contribution in [2.75, 3.05) is 19.5 Å². The highest BCUT2D eigenvalue weighted by molar-refractivity contribution is 9.10. The van der Waals surface area contributed by atoms with Crippen LogP contribution in [-0.2, 0) is 0 Å². The molecule has 5 nitrogen and oxygen atoms in total. The topological polar surface area (TPSA) is 60.5 Å². The maximum absolute atomic E-state index is 12.7. The van der Waals surface area contributed by atoms with Crippen LogP contribution in [0.4, 0.5) is 5.13 Å². The van der Waals surface area contributed by atoms with Gasteiger partial charge in [0.2, 0.25) is 0 Å². The van der Waals surface area contributed by atoms with Crippen molar-refractivity contribution >= 4 is 38.3 Å². The van der Waals surface area contributed by atoms with Gasteiger partial charge in [0.1, 0.15) is 11.5 Å². The maximum Gasteiger partial charge on any atom is 0.261 e. The van der Waals surface area contributed by atoms with Gasteiger partial charge in [0.05, 0.1) is 29.9 Å². The molecule has 2 aromatic carbocycles. The third-order valence-corrected chi connectivity index (χ3v) is 4.84. The lowest BCUT2D eigenvalue weighted by atomic mass is 10.1. The first-order valence-electron chi connectivity index (χ1n) is 7.36. The summed E-state index contributed by atoms with van der Waals surface area (Å²) >= 11 is 4.76. The van der Waals surface area contributed by atoms with Crippen molar-refractivity contribution in [1.29, 1.82) is 0 Å². The molecule has 0 radical (unpaired) electrons. The lowest BCUT2D eigenvalue weighted by Crippen LogP contribution is -2.13. The Morgan fingerprint density at radius 3 is 2.60 bits per heavy atom. The summed E-state index contributed by atoms with van der Waals surface area (Å²) in [6, 6.07) is 13.2. The van der Waals surface area contributed by atoms with Crippen LogP contribution in [0.2, 0.25) is 0 Å². The van der Waals surface area contributed by atoms with Crippen molar-refractivity contribution < 1.29 is 14.3 Å². The third kappa shape index (κ3) is 3.83. The van der Waals surface area contributed by atoms with Crippen LogP contribution < -0.4 is 14.8 Å². The summed E-state index contributed by atoms with van der Waals surface area (Å²) in [7, 11) is 3.06. The lowest BCUT2D eigenvalue weighted by Gasteiger charge is -2.12. The molecule has 0 unspecified atom stereocenters. The summed E-state index contributed by atoms with van der Waals surface area (Å²) in [5, 5.41) is 5.24. The van der Waals surface area contributed by atoms with Crippen LogP contribution in [0.15, 0.2) is 52.3 Å². The number of rotatable bonds is 5. The molecule has 1 heterocycles. The van der Waals surface area contributed by atoms with Gasteiger partial charge in [0, 0.05) is 10.9 Å². The van der Waals surface area contributed by atoms with Crippen molar-refractivity contribution in [2.24, 2.45) is 0 Å². The first-order valence-corrected chi connectivity index (χ1v) is 9.03. The fourth-order valence-corrected chi connectivity index (χ4v) is 3.62. The molecule has 0 aliphatic carbocycles. The molecule has 1 N–H and O–H groups in total. The molecule has 0 aliphatic rings. The van der Waals surface area contributed by atoms with E-state index in [0.717, 1.165) is 11.3 Å². The maximum atomic E-state index is 12.7. The van der Waals surface area contributed by atoms with E-state index in [0.29, 0.717) is 26.7 Å². The van der Waals surface area contributed by atoms with E-state index in [2.05, 4.69) is 26.2 Å². The predicted octanol–water partition coefficient (Wildman–Crippen LogP) is 4.84. The fraction of sp³-hybridized carbons (Fsp3) is 0.111. The van der Waals surface area contributed by atoms with E-state index in [-0.39, 0.29) is 5.91 Å². The van der Waals surface area contributed by atoms with Crippen LogP contribution in [-0.4, -0.2) is 25.1 Å². The number of anilines is 1. The van der Waals surface area contributed by atoms with E-state index in [1.807, 2.05) is 35.7 Å². The first kappa shape index (κ1) is 17.4. The van der Waals surface area contributed by atoms with E-state index in [1.165, 1.54) is 18.4 Å². The molecule has 0 aliphatic heterocycles. The number of nitrogens with zero attached hydrogens (tertiary/aromatic N) is 1. The number of amides is 1. The van der Waals surface area contributed by atoms with Gasteiger partial charge in [-0.05, 0) is 28.1 Å². The van der Waals surface area contributed by atoms with Crippen molar-refractivity contribution in [1.82, 2.24) is 4.98 Å². The molecule has 3 aromatic rings. The number of benzene rings is 2. The number of hydrogen-bond donors (Lipinski definition) is 1. The minimum absolute atomic E-state index is 0.314. The smallest absolute Gasteiger partial charge is 0.261 e.